The van der Waals surface area contributed by atoms with Gasteiger partial charge in [-0.3, -0.25) is 4.90 Å². The fourth-order valence-electron chi connectivity index (χ4n) is 3.70. The first kappa shape index (κ1) is 17.5. The Morgan fingerprint density at radius 1 is 0.962 bits per heavy atom. The maximum Gasteiger partial charge on any atom is 0.115 e. The maximum atomic E-state index is 9.42. The number of hydrogen-bond acceptors (Lipinski definition) is 4. The lowest BCUT2D eigenvalue weighted by Crippen LogP contribution is -2.46. The number of piperazine rings is 1. The number of phenols is 1. The molecule has 1 fully saturated rings. The number of phenolic OH excluding ortho intramolecular Hbond substituents is 1. The van der Waals surface area contributed by atoms with Crippen molar-refractivity contribution in [1.29, 1.82) is 0 Å². The standard InChI is InChI=1S/C22H26N2OS/c25-20-10-8-19(9-11-20)24-16-14-23(15-17-24)13-3-5-21-12-7-18-4-1-2-6-22(18)26-21/h1-2,4,6-12,21,25H,3,5,13-17H2. The molecule has 26 heavy (non-hydrogen) atoms. The van der Waals surface area contributed by atoms with Gasteiger partial charge in [-0.15, -0.1) is 11.8 Å². The molecule has 0 aliphatic carbocycles. The molecule has 2 aromatic rings. The maximum absolute atomic E-state index is 9.42. The number of anilines is 1. The number of thioether (sulfide) groups is 1. The van der Waals surface area contributed by atoms with Crippen LogP contribution in [-0.4, -0.2) is 48.0 Å². The van der Waals surface area contributed by atoms with Crippen molar-refractivity contribution in [2.75, 3.05) is 37.6 Å². The van der Waals surface area contributed by atoms with Gasteiger partial charge in [0.2, 0.25) is 0 Å². The fraction of sp³-hybridized carbons (Fsp3) is 0.364. The Morgan fingerprint density at radius 2 is 1.73 bits per heavy atom. The van der Waals surface area contributed by atoms with Crippen LogP contribution in [0, 0.1) is 0 Å². The summed E-state index contributed by atoms with van der Waals surface area (Å²) >= 11 is 2.01. The zero-order valence-electron chi connectivity index (χ0n) is 15.1. The lowest BCUT2D eigenvalue weighted by Gasteiger charge is -2.36. The highest BCUT2D eigenvalue weighted by Crippen LogP contribution is 2.35. The van der Waals surface area contributed by atoms with E-state index in [-0.39, 0.29) is 0 Å². The molecule has 4 heteroatoms. The van der Waals surface area contributed by atoms with Crippen molar-refractivity contribution >= 4 is 23.5 Å². The van der Waals surface area contributed by atoms with E-state index in [1.807, 2.05) is 23.9 Å². The summed E-state index contributed by atoms with van der Waals surface area (Å²) in [6.45, 7) is 5.57. The summed E-state index contributed by atoms with van der Waals surface area (Å²) in [5.41, 5.74) is 2.57. The van der Waals surface area contributed by atoms with E-state index in [0.29, 0.717) is 11.0 Å². The van der Waals surface area contributed by atoms with Crippen molar-refractivity contribution in [2.24, 2.45) is 0 Å². The minimum atomic E-state index is 0.338. The first-order valence-electron chi connectivity index (χ1n) is 9.48. The molecule has 0 radical (unpaired) electrons. The van der Waals surface area contributed by atoms with Crippen LogP contribution >= 0.6 is 11.8 Å². The van der Waals surface area contributed by atoms with Gasteiger partial charge in [0.05, 0.1) is 0 Å². The van der Waals surface area contributed by atoms with Crippen LogP contribution in [0.2, 0.25) is 0 Å². The van der Waals surface area contributed by atoms with Gasteiger partial charge in [-0.1, -0.05) is 30.4 Å². The number of fused-ring (bicyclic) bond motifs is 1. The molecule has 0 spiro atoms. The van der Waals surface area contributed by atoms with E-state index in [1.165, 1.54) is 35.5 Å². The third kappa shape index (κ3) is 4.25. The minimum absolute atomic E-state index is 0.338. The zero-order chi connectivity index (χ0) is 17.8. The van der Waals surface area contributed by atoms with Crippen LogP contribution in [0.15, 0.2) is 59.5 Å². The molecule has 1 saturated heterocycles. The first-order valence-corrected chi connectivity index (χ1v) is 10.4. The van der Waals surface area contributed by atoms with Crippen LogP contribution in [0.1, 0.15) is 18.4 Å². The summed E-state index contributed by atoms with van der Waals surface area (Å²) in [7, 11) is 0. The van der Waals surface area contributed by atoms with Crippen LogP contribution in [0.25, 0.3) is 6.08 Å². The highest BCUT2D eigenvalue weighted by molar-refractivity contribution is 8.00. The number of hydrogen-bond donors (Lipinski definition) is 1. The topological polar surface area (TPSA) is 26.7 Å². The molecule has 0 bridgehead atoms. The van der Waals surface area contributed by atoms with Crippen molar-refractivity contribution in [3.63, 3.8) is 0 Å². The Kier molecular flexibility index (Phi) is 5.51. The molecule has 4 rings (SSSR count). The molecule has 2 aliphatic heterocycles. The summed E-state index contributed by atoms with van der Waals surface area (Å²) in [5, 5.41) is 10.0. The molecule has 136 valence electrons. The zero-order valence-corrected chi connectivity index (χ0v) is 15.9. The van der Waals surface area contributed by atoms with Crippen molar-refractivity contribution in [3.05, 3.63) is 60.2 Å². The van der Waals surface area contributed by atoms with Gasteiger partial charge in [0, 0.05) is 42.0 Å². The monoisotopic (exact) mass is 366 g/mol. The van der Waals surface area contributed by atoms with E-state index >= 15 is 0 Å². The van der Waals surface area contributed by atoms with Crippen molar-refractivity contribution in [3.8, 4) is 5.75 Å². The minimum Gasteiger partial charge on any atom is -0.508 e. The molecule has 1 unspecified atom stereocenters. The van der Waals surface area contributed by atoms with Crippen LogP contribution < -0.4 is 4.90 Å². The van der Waals surface area contributed by atoms with Crippen LogP contribution in [0.4, 0.5) is 5.69 Å². The number of aromatic hydroxyl groups is 1. The Bertz CT molecular complexity index is 751. The van der Waals surface area contributed by atoms with E-state index in [0.717, 1.165) is 26.2 Å². The fourth-order valence-corrected chi connectivity index (χ4v) is 4.90. The predicted molar refractivity (Wildman–Crippen MR) is 111 cm³/mol. The van der Waals surface area contributed by atoms with E-state index < -0.39 is 0 Å². The van der Waals surface area contributed by atoms with Gasteiger partial charge in [0.1, 0.15) is 5.75 Å². The second-order valence-corrected chi connectivity index (χ2v) is 8.32. The van der Waals surface area contributed by atoms with Gasteiger partial charge in [-0.25, -0.2) is 0 Å². The van der Waals surface area contributed by atoms with Gasteiger partial charge < -0.3 is 10.0 Å². The van der Waals surface area contributed by atoms with Gasteiger partial charge in [0.25, 0.3) is 0 Å². The SMILES string of the molecule is Oc1ccc(N2CCN(CCCC3C=Cc4ccccc4S3)CC2)cc1. The second kappa shape index (κ2) is 8.19. The molecule has 2 heterocycles. The molecule has 0 amide bonds. The van der Waals surface area contributed by atoms with Crippen molar-refractivity contribution < 1.29 is 5.11 Å². The van der Waals surface area contributed by atoms with Gasteiger partial charge >= 0.3 is 0 Å². The summed E-state index contributed by atoms with van der Waals surface area (Å²) in [6.07, 6.45) is 7.15. The average Bonchev–Trinajstić information content (AvgIpc) is 2.69. The lowest BCUT2D eigenvalue weighted by atomic mass is 10.1. The molecule has 2 aromatic carbocycles. The number of rotatable bonds is 5. The number of benzene rings is 2. The normalized spacial score (nSPS) is 20.2. The van der Waals surface area contributed by atoms with Gasteiger partial charge in [0.15, 0.2) is 0 Å². The number of nitrogens with zero attached hydrogens (tertiary/aromatic N) is 2. The van der Waals surface area contributed by atoms with Gasteiger partial charge in [-0.2, -0.15) is 0 Å². The van der Waals surface area contributed by atoms with Crippen molar-refractivity contribution in [1.82, 2.24) is 4.90 Å². The largest absolute Gasteiger partial charge is 0.508 e. The lowest BCUT2D eigenvalue weighted by molar-refractivity contribution is 0.253. The summed E-state index contributed by atoms with van der Waals surface area (Å²) in [5.74, 6) is 0.338. The molecule has 2 aliphatic rings. The summed E-state index contributed by atoms with van der Waals surface area (Å²) in [6, 6.07) is 16.2. The second-order valence-electron chi connectivity index (χ2n) is 7.04. The van der Waals surface area contributed by atoms with Crippen LogP contribution in [-0.2, 0) is 0 Å². The molecule has 0 saturated carbocycles. The first-order chi connectivity index (χ1) is 12.8. The van der Waals surface area contributed by atoms with Crippen LogP contribution in [0.5, 0.6) is 5.75 Å². The van der Waals surface area contributed by atoms with Gasteiger partial charge in [-0.05, 0) is 55.3 Å². The summed E-state index contributed by atoms with van der Waals surface area (Å²) in [4.78, 5) is 6.41. The highest BCUT2D eigenvalue weighted by Gasteiger charge is 2.18. The van der Waals surface area contributed by atoms with E-state index in [9.17, 15) is 5.11 Å². The van der Waals surface area contributed by atoms with E-state index in [2.05, 4.69) is 46.2 Å². The van der Waals surface area contributed by atoms with Crippen molar-refractivity contribution in [2.45, 2.75) is 23.0 Å². The Labute approximate surface area is 160 Å². The third-order valence-electron chi connectivity index (χ3n) is 5.24. The summed E-state index contributed by atoms with van der Waals surface area (Å²) < 4.78 is 0. The quantitative estimate of drug-likeness (QED) is 0.844. The molecule has 1 N–H and O–H groups in total. The van der Waals surface area contributed by atoms with E-state index in [1.54, 1.807) is 12.1 Å². The Hall–Kier alpha value is -1.91. The highest BCUT2D eigenvalue weighted by atomic mass is 32.2. The molecule has 3 nitrogen and oxygen atoms in total. The molecule has 0 aromatic heterocycles. The molecule has 1 atom stereocenters. The Balaban J connectivity index is 1.19. The van der Waals surface area contributed by atoms with Crippen LogP contribution in [0.3, 0.4) is 0 Å². The Morgan fingerprint density at radius 3 is 2.54 bits per heavy atom. The van der Waals surface area contributed by atoms with E-state index in [4.69, 9.17) is 0 Å². The average molecular weight is 367 g/mol. The third-order valence-corrected chi connectivity index (χ3v) is 6.56. The molecular formula is C22H26N2OS. The smallest absolute Gasteiger partial charge is 0.115 e. The molecular weight excluding hydrogens is 340 g/mol. The predicted octanol–water partition coefficient (Wildman–Crippen LogP) is 4.48.